The van der Waals surface area contributed by atoms with E-state index in [4.69, 9.17) is 4.74 Å². The molecule has 4 heteroatoms. The maximum atomic E-state index is 12.7. The molecule has 0 radical (unpaired) electrons. The van der Waals surface area contributed by atoms with Gasteiger partial charge in [0.25, 0.3) is 0 Å². The van der Waals surface area contributed by atoms with Gasteiger partial charge in [-0.1, -0.05) is 6.42 Å². The van der Waals surface area contributed by atoms with Crippen molar-refractivity contribution in [3.63, 3.8) is 0 Å². The Morgan fingerprint density at radius 1 is 1.33 bits per heavy atom. The number of ketones is 1. The molecule has 0 aliphatic carbocycles. The third-order valence-electron chi connectivity index (χ3n) is 5.02. The Morgan fingerprint density at radius 3 is 2.62 bits per heavy atom. The zero-order chi connectivity index (χ0) is 14.8. The van der Waals surface area contributed by atoms with Crippen LogP contribution in [0.3, 0.4) is 0 Å². The van der Waals surface area contributed by atoms with Gasteiger partial charge in [-0.15, -0.1) is 0 Å². The molecule has 1 aromatic rings. The lowest BCUT2D eigenvalue weighted by molar-refractivity contribution is 0.0338. The van der Waals surface area contributed by atoms with Crippen molar-refractivity contribution in [2.24, 2.45) is 5.92 Å². The summed E-state index contributed by atoms with van der Waals surface area (Å²) >= 11 is 0. The van der Waals surface area contributed by atoms with E-state index in [0.29, 0.717) is 24.6 Å². The number of hydrogen-bond acceptors (Lipinski definition) is 4. The zero-order valence-corrected chi connectivity index (χ0v) is 12.9. The number of carbonyl (C=O) groups is 1. The predicted molar refractivity (Wildman–Crippen MR) is 81.7 cm³/mol. The maximum Gasteiger partial charge on any atom is 0.213 e. The normalized spacial score (nSPS) is 29.1. The third-order valence-corrected chi connectivity index (χ3v) is 5.02. The van der Waals surface area contributed by atoms with Gasteiger partial charge in [0, 0.05) is 35.8 Å². The summed E-state index contributed by atoms with van der Waals surface area (Å²) in [4.78, 5) is 19.4. The molecule has 0 N–H and O–H groups in total. The lowest BCUT2D eigenvalue weighted by atomic mass is 9.76. The van der Waals surface area contributed by atoms with E-state index in [9.17, 15) is 4.79 Å². The molecule has 0 amide bonds. The minimum Gasteiger partial charge on any atom is -0.478 e. The Hall–Kier alpha value is -1.42. The van der Waals surface area contributed by atoms with Crippen LogP contribution in [0.25, 0.3) is 0 Å². The molecule has 0 saturated carbocycles. The van der Waals surface area contributed by atoms with Crippen LogP contribution in [0.15, 0.2) is 18.3 Å². The summed E-state index contributed by atoms with van der Waals surface area (Å²) in [7, 11) is 2.22. The topological polar surface area (TPSA) is 42.4 Å². The fourth-order valence-electron chi connectivity index (χ4n) is 3.82. The molecular weight excluding hydrogens is 264 g/mol. The van der Waals surface area contributed by atoms with Crippen LogP contribution in [-0.4, -0.2) is 41.4 Å². The molecule has 3 heterocycles. The van der Waals surface area contributed by atoms with E-state index in [1.807, 2.05) is 13.0 Å². The van der Waals surface area contributed by atoms with E-state index < -0.39 is 0 Å². The first-order valence-electron chi connectivity index (χ1n) is 8.04. The summed E-state index contributed by atoms with van der Waals surface area (Å²) in [5, 5.41) is 0. The van der Waals surface area contributed by atoms with Gasteiger partial charge in [0.1, 0.15) is 0 Å². The summed E-state index contributed by atoms with van der Waals surface area (Å²) in [6.45, 7) is 2.52. The molecule has 2 unspecified atom stereocenters. The van der Waals surface area contributed by atoms with Crippen molar-refractivity contribution in [3.8, 4) is 5.88 Å². The van der Waals surface area contributed by atoms with Crippen LogP contribution in [-0.2, 0) is 0 Å². The summed E-state index contributed by atoms with van der Waals surface area (Å²) in [5.41, 5.74) is 0.728. The van der Waals surface area contributed by atoms with E-state index in [1.165, 1.54) is 19.3 Å². The van der Waals surface area contributed by atoms with Crippen molar-refractivity contribution in [2.75, 3.05) is 13.7 Å². The highest BCUT2D eigenvalue weighted by molar-refractivity contribution is 5.97. The molecule has 2 saturated heterocycles. The fourth-order valence-corrected chi connectivity index (χ4v) is 3.82. The van der Waals surface area contributed by atoms with E-state index in [1.54, 1.807) is 12.3 Å². The van der Waals surface area contributed by atoms with Gasteiger partial charge in [-0.2, -0.15) is 0 Å². The molecule has 2 aliphatic rings. The highest BCUT2D eigenvalue weighted by atomic mass is 16.5. The number of fused-ring (bicyclic) bond motifs is 2. The quantitative estimate of drug-likeness (QED) is 0.799. The molecule has 4 nitrogen and oxygen atoms in total. The van der Waals surface area contributed by atoms with Gasteiger partial charge in [-0.3, -0.25) is 4.79 Å². The van der Waals surface area contributed by atoms with E-state index in [0.717, 1.165) is 18.4 Å². The van der Waals surface area contributed by atoms with Crippen LogP contribution >= 0.6 is 0 Å². The summed E-state index contributed by atoms with van der Waals surface area (Å²) < 4.78 is 5.33. The highest BCUT2D eigenvalue weighted by Gasteiger charge is 2.38. The Kier molecular flexibility index (Phi) is 4.24. The van der Waals surface area contributed by atoms with Crippen LogP contribution in [0.5, 0.6) is 5.88 Å². The minimum absolute atomic E-state index is 0.163. The standard InChI is InChI=1S/C17H24N2O2/c1-3-21-16-8-7-12(11-18-16)17(20)13-9-14-5-4-6-15(10-13)19(14)2/h7-8,11,13-15H,3-6,9-10H2,1-2H3. The lowest BCUT2D eigenvalue weighted by Crippen LogP contribution is -2.51. The third kappa shape index (κ3) is 2.95. The number of aromatic nitrogens is 1. The molecule has 114 valence electrons. The largest absolute Gasteiger partial charge is 0.478 e. The first-order valence-corrected chi connectivity index (χ1v) is 8.04. The fraction of sp³-hybridized carbons (Fsp3) is 0.647. The number of nitrogens with zero attached hydrogens (tertiary/aromatic N) is 2. The van der Waals surface area contributed by atoms with Crippen LogP contribution in [0.4, 0.5) is 0 Å². The number of hydrogen-bond donors (Lipinski definition) is 0. The maximum absolute atomic E-state index is 12.7. The molecule has 2 bridgehead atoms. The molecule has 1 aromatic heterocycles. The summed E-state index contributed by atoms with van der Waals surface area (Å²) in [6, 6.07) is 4.82. The van der Waals surface area contributed by atoms with Gasteiger partial charge in [0.15, 0.2) is 5.78 Å². The predicted octanol–water partition coefficient (Wildman–Crippen LogP) is 2.93. The van der Waals surface area contributed by atoms with Gasteiger partial charge < -0.3 is 9.64 Å². The minimum atomic E-state index is 0.163. The smallest absolute Gasteiger partial charge is 0.213 e. The number of piperidine rings is 2. The van der Waals surface area contributed by atoms with Crippen LogP contribution in [0.2, 0.25) is 0 Å². The van der Waals surface area contributed by atoms with Crippen molar-refractivity contribution in [1.82, 2.24) is 9.88 Å². The van der Waals surface area contributed by atoms with Gasteiger partial charge in [0.2, 0.25) is 5.88 Å². The van der Waals surface area contributed by atoms with Gasteiger partial charge in [0.05, 0.1) is 6.61 Å². The number of carbonyl (C=O) groups excluding carboxylic acids is 1. The number of pyridine rings is 1. The second kappa shape index (κ2) is 6.14. The van der Waals surface area contributed by atoms with Crippen LogP contribution in [0.1, 0.15) is 49.4 Å². The molecule has 21 heavy (non-hydrogen) atoms. The Labute approximate surface area is 126 Å². The molecule has 2 atom stereocenters. The van der Waals surface area contributed by atoms with Crippen molar-refractivity contribution in [1.29, 1.82) is 0 Å². The molecule has 3 rings (SSSR count). The Morgan fingerprint density at radius 2 is 2.05 bits per heavy atom. The molecule has 2 fully saturated rings. The number of Topliss-reactive ketones (excluding diaryl/α,β-unsaturated/α-hetero) is 1. The summed E-state index contributed by atoms with van der Waals surface area (Å²) in [6.07, 6.45) is 7.45. The monoisotopic (exact) mass is 288 g/mol. The SMILES string of the molecule is CCOc1ccc(C(=O)C2CC3CCCC(C2)N3C)cn1. The highest BCUT2D eigenvalue weighted by Crippen LogP contribution is 2.37. The number of rotatable bonds is 4. The van der Waals surface area contributed by atoms with E-state index in [-0.39, 0.29) is 11.7 Å². The first-order chi connectivity index (χ1) is 10.2. The van der Waals surface area contributed by atoms with Crippen LogP contribution < -0.4 is 4.74 Å². The second-order valence-electron chi connectivity index (χ2n) is 6.25. The molecule has 0 spiro atoms. The van der Waals surface area contributed by atoms with E-state index in [2.05, 4.69) is 16.9 Å². The Balaban J connectivity index is 1.70. The molecular formula is C17H24N2O2. The van der Waals surface area contributed by atoms with E-state index >= 15 is 0 Å². The average molecular weight is 288 g/mol. The first kappa shape index (κ1) is 14.5. The van der Waals surface area contributed by atoms with Crippen molar-refractivity contribution < 1.29 is 9.53 Å². The summed E-state index contributed by atoms with van der Waals surface area (Å²) in [5.74, 6) is 1.01. The Bertz CT molecular complexity index is 486. The van der Waals surface area contributed by atoms with Gasteiger partial charge >= 0.3 is 0 Å². The molecule has 0 aromatic carbocycles. The van der Waals surface area contributed by atoms with Crippen molar-refractivity contribution in [3.05, 3.63) is 23.9 Å². The average Bonchev–Trinajstić information content (AvgIpc) is 2.47. The molecule has 2 aliphatic heterocycles. The van der Waals surface area contributed by atoms with Gasteiger partial charge in [-0.05, 0) is 45.7 Å². The van der Waals surface area contributed by atoms with Crippen molar-refractivity contribution >= 4 is 5.78 Å². The second-order valence-corrected chi connectivity index (χ2v) is 6.25. The lowest BCUT2D eigenvalue weighted by Gasteiger charge is -2.46. The van der Waals surface area contributed by atoms with Crippen molar-refractivity contribution in [2.45, 2.75) is 51.1 Å². The van der Waals surface area contributed by atoms with Crippen LogP contribution in [0, 0.1) is 5.92 Å². The van der Waals surface area contributed by atoms with Gasteiger partial charge in [-0.25, -0.2) is 4.98 Å². The number of ether oxygens (including phenoxy) is 1. The zero-order valence-electron chi connectivity index (χ0n) is 12.9.